The number of carbonyl (C=O) groups is 1. The molecule has 0 bridgehead atoms. The quantitative estimate of drug-likeness (QED) is 0.0941. The summed E-state index contributed by atoms with van der Waals surface area (Å²) >= 11 is 10.2. The lowest BCUT2D eigenvalue weighted by molar-refractivity contribution is -0.384. The van der Waals surface area contributed by atoms with Gasteiger partial charge in [-0.2, -0.15) is 0 Å². The molecule has 0 atom stereocenters. The lowest BCUT2D eigenvalue weighted by atomic mass is 10.1. The van der Waals surface area contributed by atoms with Crippen LogP contribution in [-0.2, 0) is 16.1 Å². The Bertz CT molecular complexity index is 1350. The van der Waals surface area contributed by atoms with Crippen molar-refractivity contribution < 1.29 is 19.2 Å². The van der Waals surface area contributed by atoms with E-state index < -0.39 is 10.9 Å². The molecule has 3 aromatic carbocycles. The highest BCUT2D eigenvalue weighted by molar-refractivity contribution is 14.1. The predicted molar refractivity (Wildman–Crippen MR) is 146 cm³/mol. The van der Waals surface area contributed by atoms with Crippen LogP contribution in [0.2, 0.25) is 5.02 Å². The Hall–Kier alpha value is -2.51. The Morgan fingerprint density at radius 1 is 1.12 bits per heavy atom. The van der Waals surface area contributed by atoms with Crippen LogP contribution in [0.25, 0.3) is 6.08 Å². The molecule has 0 aliphatic carbocycles. The molecule has 0 amide bonds. The van der Waals surface area contributed by atoms with Crippen LogP contribution in [0.5, 0.6) is 5.75 Å². The number of rotatable bonds is 6. The maximum absolute atomic E-state index is 12.4. The Morgan fingerprint density at radius 3 is 2.44 bits per heavy atom. The Balaban J connectivity index is 1.57. The van der Waals surface area contributed by atoms with Crippen molar-refractivity contribution in [3.05, 3.63) is 105 Å². The van der Waals surface area contributed by atoms with E-state index in [1.165, 1.54) is 23.8 Å². The third-order valence-electron chi connectivity index (χ3n) is 4.84. The van der Waals surface area contributed by atoms with E-state index in [1.807, 2.05) is 43.3 Å². The largest absolute Gasteiger partial charge is 0.487 e. The van der Waals surface area contributed by atoms with Crippen molar-refractivity contribution in [2.75, 3.05) is 0 Å². The minimum absolute atomic E-state index is 0.0109. The summed E-state index contributed by atoms with van der Waals surface area (Å²) < 4.78 is 13.0. The number of hydrogen-bond donors (Lipinski definition) is 0. The van der Waals surface area contributed by atoms with Crippen molar-refractivity contribution in [2.45, 2.75) is 13.5 Å². The zero-order valence-electron chi connectivity index (χ0n) is 17.6. The molecule has 0 N–H and O–H groups in total. The van der Waals surface area contributed by atoms with E-state index >= 15 is 0 Å². The number of benzene rings is 3. The molecule has 0 aromatic heterocycles. The first-order valence-corrected chi connectivity index (χ1v) is 12.4. The van der Waals surface area contributed by atoms with Gasteiger partial charge in [-0.3, -0.25) is 10.1 Å². The van der Waals surface area contributed by atoms with Gasteiger partial charge in [-0.25, -0.2) is 9.79 Å². The van der Waals surface area contributed by atoms with Crippen molar-refractivity contribution >= 4 is 80.4 Å². The summed E-state index contributed by atoms with van der Waals surface area (Å²) in [7, 11) is 0. The Labute approximate surface area is 227 Å². The molecule has 172 valence electrons. The van der Waals surface area contributed by atoms with Gasteiger partial charge < -0.3 is 9.47 Å². The van der Waals surface area contributed by atoms with Crippen LogP contribution in [0.1, 0.15) is 22.3 Å². The van der Waals surface area contributed by atoms with Gasteiger partial charge in [0.2, 0.25) is 5.90 Å². The monoisotopic (exact) mass is 700 g/mol. The molecule has 34 heavy (non-hydrogen) atoms. The van der Waals surface area contributed by atoms with E-state index in [-0.39, 0.29) is 27.9 Å². The van der Waals surface area contributed by atoms with E-state index in [2.05, 4.69) is 50.2 Å². The number of ether oxygens (including phenoxy) is 2. The highest BCUT2D eigenvalue weighted by atomic mass is 127. The number of hydrogen-bond acceptors (Lipinski definition) is 6. The molecule has 0 saturated heterocycles. The molecule has 1 aliphatic rings. The van der Waals surface area contributed by atoms with Crippen LogP contribution in [0.15, 0.2) is 65.3 Å². The summed E-state index contributed by atoms with van der Waals surface area (Å²) in [5, 5.41) is 11.1. The number of halogens is 3. The number of aliphatic imine (C=N–C) groups is 1. The smallest absolute Gasteiger partial charge is 0.363 e. The lowest BCUT2D eigenvalue weighted by Crippen LogP contribution is -2.06. The number of cyclic esters (lactones) is 1. The van der Waals surface area contributed by atoms with Crippen LogP contribution >= 0.6 is 56.8 Å². The maximum Gasteiger partial charge on any atom is 0.363 e. The lowest BCUT2D eigenvalue weighted by Gasteiger charge is -2.12. The van der Waals surface area contributed by atoms with Gasteiger partial charge in [0, 0.05) is 11.6 Å². The molecule has 0 spiro atoms. The maximum atomic E-state index is 12.4. The van der Waals surface area contributed by atoms with Crippen molar-refractivity contribution in [3.63, 3.8) is 0 Å². The Morgan fingerprint density at radius 2 is 1.79 bits per heavy atom. The van der Waals surface area contributed by atoms with E-state index in [9.17, 15) is 14.9 Å². The van der Waals surface area contributed by atoms with Crippen LogP contribution in [0, 0.1) is 24.2 Å². The van der Waals surface area contributed by atoms with Crippen LogP contribution < -0.4 is 4.74 Å². The zero-order valence-corrected chi connectivity index (χ0v) is 22.6. The molecule has 0 saturated carbocycles. The van der Waals surface area contributed by atoms with Crippen molar-refractivity contribution in [1.82, 2.24) is 0 Å². The molecule has 0 radical (unpaired) electrons. The van der Waals surface area contributed by atoms with Crippen molar-refractivity contribution in [3.8, 4) is 5.75 Å². The SMILES string of the molecule is Cc1ccc(COc2c(I)cc(/C=C3\N=C(c4ccc(Cl)c([N+](=O)[O-])c4)OC3=O)cc2I)cc1. The van der Waals surface area contributed by atoms with Crippen LogP contribution in [0.3, 0.4) is 0 Å². The van der Waals surface area contributed by atoms with Gasteiger partial charge in [0.25, 0.3) is 5.69 Å². The van der Waals surface area contributed by atoms with Gasteiger partial charge in [-0.05, 0) is 93.6 Å². The molecule has 3 aromatic rings. The zero-order chi connectivity index (χ0) is 24.4. The summed E-state index contributed by atoms with van der Waals surface area (Å²) in [6, 6.07) is 16.0. The molecule has 0 unspecified atom stereocenters. The second-order valence-electron chi connectivity index (χ2n) is 7.35. The standard InChI is InChI=1S/C24H15ClI2N2O5/c1-13-2-4-14(5-3-13)12-33-22-18(26)8-15(9-19(22)27)10-20-24(30)34-23(28-20)16-6-7-17(25)21(11-16)29(31)32/h2-11H,12H2,1H3/b20-10-. The molecular weight excluding hydrogens is 686 g/mol. The normalized spacial score (nSPS) is 14.2. The fourth-order valence-electron chi connectivity index (χ4n) is 3.12. The molecular formula is C24H15ClI2N2O5. The predicted octanol–water partition coefficient (Wildman–Crippen LogP) is 6.69. The number of nitrogens with zero attached hydrogens (tertiary/aromatic N) is 2. The van der Waals surface area contributed by atoms with Crippen molar-refractivity contribution in [2.24, 2.45) is 4.99 Å². The average Bonchev–Trinajstić information content (AvgIpc) is 3.14. The first-order valence-electron chi connectivity index (χ1n) is 9.85. The second-order valence-corrected chi connectivity index (χ2v) is 10.1. The number of nitro groups is 1. The second kappa shape index (κ2) is 10.4. The van der Waals surface area contributed by atoms with Gasteiger partial charge in [-0.15, -0.1) is 0 Å². The van der Waals surface area contributed by atoms with E-state index in [0.29, 0.717) is 6.61 Å². The van der Waals surface area contributed by atoms with E-state index in [1.54, 1.807) is 6.08 Å². The van der Waals surface area contributed by atoms with Gasteiger partial charge >= 0.3 is 5.97 Å². The molecule has 1 aliphatic heterocycles. The minimum atomic E-state index is -0.641. The van der Waals surface area contributed by atoms with Gasteiger partial charge in [-0.1, -0.05) is 41.4 Å². The van der Waals surface area contributed by atoms with Gasteiger partial charge in [0.15, 0.2) is 5.70 Å². The number of carbonyl (C=O) groups excluding carboxylic acids is 1. The third-order valence-corrected chi connectivity index (χ3v) is 6.76. The fourth-order valence-corrected chi connectivity index (χ4v) is 5.43. The summed E-state index contributed by atoms with van der Waals surface area (Å²) in [6.45, 7) is 2.48. The number of aryl methyl sites for hydroxylation is 1. The fraction of sp³-hybridized carbons (Fsp3) is 0.0833. The third kappa shape index (κ3) is 5.58. The van der Waals surface area contributed by atoms with Crippen molar-refractivity contribution in [1.29, 1.82) is 0 Å². The summed E-state index contributed by atoms with van der Waals surface area (Å²) in [4.78, 5) is 27.1. The number of nitro benzene ring substituents is 1. The molecule has 0 fully saturated rings. The van der Waals surface area contributed by atoms with Gasteiger partial charge in [0.05, 0.1) is 12.1 Å². The highest BCUT2D eigenvalue weighted by Gasteiger charge is 2.26. The summed E-state index contributed by atoms with van der Waals surface area (Å²) in [6.07, 6.45) is 1.60. The van der Waals surface area contributed by atoms with Gasteiger partial charge in [0.1, 0.15) is 17.4 Å². The van der Waals surface area contributed by atoms with Crippen LogP contribution in [0.4, 0.5) is 5.69 Å². The van der Waals surface area contributed by atoms with E-state index in [0.717, 1.165) is 24.0 Å². The highest BCUT2D eigenvalue weighted by Crippen LogP contribution is 2.32. The first kappa shape index (κ1) is 24.6. The van der Waals surface area contributed by atoms with Crippen LogP contribution in [-0.4, -0.2) is 16.8 Å². The average molecular weight is 701 g/mol. The topological polar surface area (TPSA) is 91.0 Å². The summed E-state index contributed by atoms with van der Waals surface area (Å²) in [5.74, 6) is 0.103. The van der Waals surface area contributed by atoms with E-state index in [4.69, 9.17) is 21.1 Å². The molecule has 10 heteroatoms. The number of esters is 1. The molecule has 1 heterocycles. The first-order chi connectivity index (χ1) is 16.2. The molecule has 7 nitrogen and oxygen atoms in total. The molecule has 4 rings (SSSR count). The summed E-state index contributed by atoms with van der Waals surface area (Å²) in [5.41, 5.74) is 3.10. The Kier molecular flexibility index (Phi) is 7.53. The minimum Gasteiger partial charge on any atom is -0.487 e.